The van der Waals surface area contributed by atoms with Crippen LogP contribution in [0.4, 0.5) is 24.5 Å². The highest BCUT2D eigenvalue weighted by atomic mass is 19.2. The molecule has 0 aliphatic carbocycles. The third kappa shape index (κ3) is 2.96. The Labute approximate surface area is 126 Å². The first-order valence-electron chi connectivity index (χ1n) is 5.99. The third-order valence-electron chi connectivity index (χ3n) is 2.86. The summed E-state index contributed by atoms with van der Waals surface area (Å²) in [7, 11) is 0. The van der Waals surface area contributed by atoms with Crippen LogP contribution in [0, 0.1) is 38.9 Å². The van der Waals surface area contributed by atoms with Gasteiger partial charge in [0.2, 0.25) is 11.6 Å². The quantitative estimate of drug-likeness (QED) is 0.533. The summed E-state index contributed by atoms with van der Waals surface area (Å²) in [6.45, 7) is 0. The summed E-state index contributed by atoms with van der Waals surface area (Å²) in [5.74, 6) is -7.24. The molecule has 0 aliphatic rings. The number of anilines is 1. The van der Waals surface area contributed by atoms with Crippen molar-refractivity contribution in [2.75, 3.05) is 5.32 Å². The van der Waals surface area contributed by atoms with Crippen LogP contribution < -0.4 is 5.32 Å². The van der Waals surface area contributed by atoms with Gasteiger partial charge in [-0.1, -0.05) is 12.1 Å². The first-order valence-corrected chi connectivity index (χ1v) is 5.99. The van der Waals surface area contributed by atoms with E-state index in [0.717, 1.165) is 0 Å². The van der Waals surface area contributed by atoms with Gasteiger partial charge in [0.05, 0.1) is 21.7 Å². The maximum Gasteiger partial charge on any atom is 0.308 e. The van der Waals surface area contributed by atoms with Crippen LogP contribution in [-0.4, -0.2) is 10.8 Å². The Kier molecular flexibility index (Phi) is 4.27. The van der Waals surface area contributed by atoms with Gasteiger partial charge in [-0.3, -0.25) is 14.9 Å². The molecule has 1 amide bonds. The molecule has 2 rings (SSSR count). The molecule has 0 aromatic heterocycles. The molecule has 0 unspecified atom stereocenters. The summed E-state index contributed by atoms with van der Waals surface area (Å²) in [4.78, 5) is 21.3. The number of nitrogens with one attached hydrogen (secondary N) is 1. The zero-order valence-electron chi connectivity index (χ0n) is 11.1. The van der Waals surface area contributed by atoms with E-state index in [1.165, 1.54) is 24.3 Å². The van der Waals surface area contributed by atoms with Crippen molar-refractivity contribution in [2.45, 2.75) is 0 Å². The number of carbonyl (C=O) groups excluding carboxylic acids is 1. The van der Waals surface area contributed by atoms with Crippen LogP contribution in [0.3, 0.4) is 0 Å². The molecule has 0 bridgehead atoms. The van der Waals surface area contributed by atoms with Gasteiger partial charge in [0.25, 0.3) is 5.91 Å². The lowest BCUT2D eigenvalue weighted by atomic mass is 10.1. The predicted molar refractivity (Wildman–Crippen MR) is 72.1 cm³/mol. The van der Waals surface area contributed by atoms with Crippen LogP contribution in [0.5, 0.6) is 0 Å². The number of hydrogen-bond donors (Lipinski definition) is 1. The molecule has 2 aromatic rings. The molecule has 0 heterocycles. The summed E-state index contributed by atoms with van der Waals surface area (Å²) >= 11 is 0. The van der Waals surface area contributed by atoms with Gasteiger partial charge in [-0.15, -0.1) is 0 Å². The van der Waals surface area contributed by atoms with E-state index in [2.05, 4.69) is 5.32 Å². The minimum absolute atomic E-state index is 0.00761. The maximum absolute atomic E-state index is 13.7. The lowest BCUT2D eigenvalue weighted by Gasteiger charge is -2.08. The second kappa shape index (κ2) is 6.15. The van der Waals surface area contributed by atoms with Gasteiger partial charge >= 0.3 is 5.69 Å². The highest BCUT2D eigenvalue weighted by Gasteiger charge is 2.28. The van der Waals surface area contributed by atoms with Crippen molar-refractivity contribution >= 4 is 17.3 Å². The van der Waals surface area contributed by atoms with Gasteiger partial charge < -0.3 is 5.32 Å². The second-order valence-corrected chi connectivity index (χ2v) is 4.25. The average molecular weight is 321 g/mol. The fourth-order valence-corrected chi connectivity index (χ4v) is 1.77. The normalized spacial score (nSPS) is 10.0. The van der Waals surface area contributed by atoms with E-state index in [-0.39, 0.29) is 17.3 Å². The molecular weight excluding hydrogens is 315 g/mol. The molecule has 0 atom stereocenters. The molecule has 6 nitrogen and oxygen atoms in total. The summed E-state index contributed by atoms with van der Waals surface area (Å²) < 4.78 is 40.3. The third-order valence-corrected chi connectivity index (χ3v) is 2.86. The molecule has 0 aliphatic heterocycles. The molecular formula is C14H6F3N3O3. The predicted octanol–water partition coefficient (Wildman–Crippen LogP) is 3.14. The van der Waals surface area contributed by atoms with Gasteiger partial charge in [-0.25, -0.2) is 8.78 Å². The Morgan fingerprint density at radius 1 is 1.17 bits per heavy atom. The Morgan fingerprint density at radius 2 is 1.83 bits per heavy atom. The van der Waals surface area contributed by atoms with Crippen LogP contribution in [0.25, 0.3) is 0 Å². The fourth-order valence-electron chi connectivity index (χ4n) is 1.77. The number of nitro benzene ring substituents is 1. The summed E-state index contributed by atoms with van der Waals surface area (Å²) in [6, 6.07) is 7.72. The van der Waals surface area contributed by atoms with Crippen molar-refractivity contribution in [1.82, 2.24) is 0 Å². The van der Waals surface area contributed by atoms with Crippen molar-refractivity contribution in [1.29, 1.82) is 5.26 Å². The van der Waals surface area contributed by atoms with E-state index >= 15 is 0 Å². The lowest BCUT2D eigenvalue weighted by Crippen LogP contribution is -2.17. The molecule has 0 saturated heterocycles. The van der Waals surface area contributed by atoms with E-state index < -0.39 is 39.5 Å². The first-order chi connectivity index (χ1) is 10.9. The van der Waals surface area contributed by atoms with E-state index in [1.807, 2.05) is 0 Å². The number of amides is 1. The van der Waals surface area contributed by atoms with Gasteiger partial charge in [0.15, 0.2) is 5.82 Å². The van der Waals surface area contributed by atoms with Gasteiger partial charge in [-0.05, 0) is 12.1 Å². The molecule has 116 valence electrons. The van der Waals surface area contributed by atoms with Crippen molar-refractivity contribution in [3.8, 4) is 6.07 Å². The zero-order valence-corrected chi connectivity index (χ0v) is 11.1. The monoisotopic (exact) mass is 321 g/mol. The topological polar surface area (TPSA) is 96.0 Å². The maximum atomic E-state index is 13.7. The van der Waals surface area contributed by atoms with Gasteiger partial charge in [0, 0.05) is 6.07 Å². The minimum atomic E-state index is -2.13. The smallest absolute Gasteiger partial charge is 0.308 e. The van der Waals surface area contributed by atoms with E-state index in [9.17, 15) is 28.1 Å². The molecule has 0 radical (unpaired) electrons. The largest absolute Gasteiger partial charge is 0.321 e. The number of nitriles is 1. The van der Waals surface area contributed by atoms with Crippen LogP contribution >= 0.6 is 0 Å². The van der Waals surface area contributed by atoms with Crippen LogP contribution in [-0.2, 0) is 0 Å². The van der Waals surface area contributed by atoms with Crippen molar-refractivity contribution in [3.63, 3.8) is 0 Å². The van der Waals surface area contributed by atoms with Crippen molar-refractivity contribution in [3.05, 3.63) is 69.0 Å². The number of nitrogens with zero attached hydrogens (tertiary/aromatic N) is 2. The Bertz CT molecular complexity index is 862. The number of halogens is 3. The number of hydrogen-bond acceptors (Lipinski definition) is 4. The van der Waals surface area contributed by atoms with Crippen molar-refractivity contribution < 1.29 is 22.9 Å². The first kappa shape index (κ1) is 16.0. The summed E-state index contributed by atoms with van der Waals surface area (Å²) in [5.41, 5.74) is -2.39. The molecule has 2 aromatic carbocycles. The second-order valence-electron chi connectivity index (χ2n) is 4.25. The van der Waals surface area contributed by atoms with Gasteiger partial charge in [0.1, 0.15) is 6.07 Å². The SMILES string of the molecule is N#Cc1ccccc1NC(=O)c1cc([N+](=O)[O-])c(F)c(F)c1F. The molecule has 1 N–H and O–H groups in total. The van der Waals surface area contributed by atoms with Crippen molar-refractivity contribution in [2.24, 2.45) is 0 Å². The molecule has 0 saturated carbocycles. The zero-order chi connectivity index (χ0) is 17.1. The Hall–Kier alpha value is -3.41. The molecule has 0 fully saturated rings. The standard InChI is InChI=1S/C14H6F3N3O3/c15-11-8(5-10(20(22)23)12(16)13(11)17)14(21)19-9-4-2-1-3-7(9)6-18/h1-5H,(H,19,21). The number of nitro groups is 1. The van der Waals surface area contributed by atoms with E-state index in [0.29, 0.717) is 0 Å². The van der Waals surface area contributed by atoms with E-state index in [4.69, 9.17) is 5.26 Å². The Morgan fingerprint density at radius 3 is 2.43 bits per heavy atom. The number of carbonyl (C=O) groups is 1. The number of rotatable bonds is 3. The van der Waals surface area contributed by atoms with Gasteiger partial charge in [-0.2, -0.15) is 9.65 Å². The minimum Gasteiger partial charge on any atom is -0.321 e. The number of para-hydroxylation sites is 1. The van der Waals surface area contributed by atoms with Crippen LogP contribution in [0.1, 0.15) is 15.9 Å². The van der Waals surface area contributed by atoms with Crippen LogP contribution in [0.15, 0.2) is 30.3 Å². The summed E-state index contributed by atoms with van der Waals surface area (Å²) in [5, 5.41) is 21.6. The van der Waals surface area contributed by atoms with E-state index in [1.54, 1.807) is 6.07 Å². The summed E-state index contributed by atoms with van der Waals surface area (Å²) in [6.07, 6.45) is 0. The molecule has 23 heavy (non-hydrogen) atoms. The Balaban J connectivity index is 2.48. The fraction of sp³-hybridized carbons (Fsp3) is 0. The molecule has 0 spiro atoms. The average Bonchev–Trinajstić information content (AvgIpc) is 2.52. The lowest BCUT2D eigenvalue weighted by molar-refractivity contribution is -0.387. The highest BCUT2D eigenvalue weighted by molar-refractivity contribution is 6.05. The highest BCUT2D eigenvalue weighted by Crippen LogP contribution is 2.26. The molecule has 9 heteroatoms. The van der Waals surface area contributed by atoms with Crippen LogP contribution in [0.2, 0.25) is 0 Å². The number of benzene rings is 2.